The third kappa shape index (κ3) is 6.92. The van der Waals surface area contributed by atoms with Gasteiger partial charge in [0.25, 0.3) is 0 Å². The zero-order valence-corrected chi connectivity index (χ0v) is 15.3. The minimum Gasteiger partial charge on any atom is -0.493 e. The number of methoxy groups -OCH3 is 1. The summed E-state index contributed by atoms with van der Waals surface area (Å²) in [5.74, 6) is 0.0520. The Hall–Kier alpha value is -2.28. The van der Waals surface area contributed by atoms with Gasteiger partial charge in [-0.2, -0.15) is 0 Å². The Morgan fingerprint density at radius 2 is 1.92 bits per heavy atom. The van der Waals surface area contributed by atoms with Crippen molar-refractivity contribution in [3.63, 3.8) is 0 Å². The van der Waals surface area contributed by atoms with Crippen molar-refractivity contribution in [3.05, 3.63) is 23.8 Å². The second-order valence-electron chi connectivity index (χ2n) is 6.41. The van der Waals surface area contributed by atoms with Gasteiger partial charge in [-0.3, -0.25) is 14.5 Å². The highest BCUT2D eigenvalue weighted by Gasteiger charge is 2.12. The first-order chi connectivity index (χ1) is 12.6. The third-order valence-electron chi connectivity index (χ3n) is 4.40. The van der Waals surface area contributed by atoms with Crippen LogP contribution < -0.4 is 14.8 Å². The number of nitrogens with zero attached hydrogens (tertiary/aromatic N) is 1. The number of hydrogen-bond acceptors (Lipinski definition) is 5. The first kappa shape index (κ1) is 20.0. The summed E-state index contributed by atoms with van der Waals surface area (Å²) in [6, 6.07) is 5.52. The highest BCUT2D eigenvalue weighted by Crippen LogP contribution is 2.28. The molecule has 1 aliphatic rings. The molecule has 1 saturated heterocycles. The van der Waals surface area contributed by atoms with E-state index in [0.717, 1.165) is 25.2 Å². The Balaban J connectivity index is 1.83. The van der Waals surface area contributed by atoms with Crippen molar-refractivity contribution in [2.45, 2.75) is 38.6 Å². The van der Waals surface area contributed by atoms with Crippen LogP contribution in [0.15, 0.2) is 18.2 Å². The van der Waals surface area contributed by atoms with Crippen LogP contribution in [-0.4, -0.2) is 55.2 Å². The van der Waals surface area contributed by atoms with Crippen molar-refractivity contribution in [2.75, 3.05) is 33.4 Å². The number of likely N-dealkylation sites (tertiary alicyclic amines) is 1. The molecule has 2 rings (SSSR count). The standard InChI is InChI=1S/C19H28N2O5/c1-25-16-6-5-15(14-20-18(22)7-8-19(23)24)13-17(16)26-12-11-21-9-3-2-4-10-21/h5-6,13H,2-4,7-12,14H2,1H3,(H,20,22)(H,23,24). The molecule has 26 heavy (non-hydrogen) atoms. The Morgan fingerprint density at radius 3 is 2.62 bits per heavy atom. The number of carbonyl (C=O) groups is 2. The molecule has 0 radical (unpaired) electrons. The van der Waals surface area contributed by atoms with E-state index in [4.69, 9.17) is 14.6 Å². The second-order valence-corrected chi connectivity index (χ2v) is 6.41. The predicted molar refractivity (Wildman–Crippen MR) is 97.5 cm³/mol. The number of amides is 1. The van der Waals surface area contributed by atoms with Gasteiger partial charge in [0, 0.05) is 19.5 Å². The summed E-state index contributed by atoms with van der Waals surface area (Å²) in [7, 11) is 1.60. The zero-order valence-electron chi connectivity index (χ0n) is 15.3. The molecule has 1 heterocycles. The lowest BCUT2D eigenvalue weighted by Crippen LogP contribution is -2.33. The zero-order chi connectivity index (χ0) is 18.8. The maximum atomic E-state index is 11.6. The van der Waals surface area contributed by atoms with E-state index < -0.39 is 5.97 Å². The number of nitrogens with one attached hydrogen (secondary N) is 1. The summed E-state index contributed by atoms with van der Waals surface area (Å²) in [6.07, 6.45) is 3.62. The van der Waals surface area contributed by atoms with Crippen molar-refractivity contribution >= 4 is 11.9 Å². The number of carboxylic acids is 1. The van der Waals surface area contributed by atoms with Gasteiger partial charge >= 0.3 is 5.97 Å². The molecule has 1 aromatic carbocycles. The molecule has 2 N–H and O–H groups in total. The number of piperidine rings is 1. The topological polar surface area (TPSA) is 88.1 Å². The normalized spacial score (nSPS) is 14.7. The monoisotopic (exact) mass is 364 g/mol. The molecule has 0 saturated carbocycles. The van der Waals surface area contributed by atoms with Crippen molar-refractivity contribution < 1.29 is 24.2 Å². The highest BCUT2D eigenvalue weighted by atomic mass is 16.5. The number of aliphatic carboxylic acids is 1. The van der Waals surface area contributed by atoms with Gasteiger partial charge in [-0.05, 0) is 43.6 Å². The van der Waals surface area contributed by atoms with Crippen LogP contribution in [0.5, 0.6) is 11.5 Å². The Morgan fingerprint density at radius 1 is 1.15 bits per heavy atom. The summed E-state index contributed by atoms with van der Waals surface area (Å²) in [5, 5.41) is 11.3. The van der Waals surface area contributed by atoms with Gasteiger partial charge in [0.1, 0.15) is 6.61 Å². The SMILES string of the molecule is COc1ccc(CNC(=O)CCC(=O)O)cc1OCCN1CCCCC1. The summed E-state index contributed by atoms with van der Waals surface area (Å²) in [4.78, 5) is 24.5. The van der Waals surface area contributed by atoms with Crippen LogP contribution in [0.4, 0.5) is 0 Å². The van der Waals surface area contributed by atoms with Crippen LogP contribution in [0.25, 0.3) is 0 Å². The van der Waals surface area contributed by atoms with E-state index in [0.29, 0.717) is 24.7 Å². The lowest BCUT2D eigenvalue weighted by molar-refractivity contribution is -0.138. The summed E-state index contributed by atoms with van der Waals surface area (Å²) in [5.41, 5.74) is 0.877. The van der Waals surface area contributed by atoms with Gasteiger partial charge < -0.3 is 19.9 Å². The second kappa shape index (κ2) is 10.7. The first-order valence-electron chi connectivity index (χ1n) is 9.09. The van der Waals surface area contributed by atoms with E-state index in [-0.39, 0.29) is 18.7 Å². The van der Waals surface area contributed by atoms with Crippen molar-refractivity contribution in [3.8, 4) is 11.5 Å². The average molecular weight is 364 g/mol. The van der Waals surface area contributed by atoms with Gasteiger partial charge in [-0.25, -0.2) is 0 Å². The average Bonchev–Trinajstić information content (AvgIpc) is 2.65. The van der Waals surface area contributed by atoms with Crippen LogP contribution in [0.3, 0.4) is 0 Å². The molecule has 1 aliphatic heterocycles. The molecule has 0 aliphatic carbocycles. The molecule has 0 aromatic heterocycles. The van der Waals surface area contributed by atoms with Crippen LogP contribution in [0, 0.1) is 0 Å². The number of carbonyl (C=O) groups excluding carboxylic acids is 1. The molecule has 0 atom stereocenters. The van der Waals surface area contributed by atoms with Gasteiger partial charge in [0.05, 0.1) is 13.5 Å². The molecule has 1 aromatic rings. The molecular formula is C19H28N2O5. The number of hydrogen-bond donors (Lipinski definition) is 2. The lowest BCUT2D eigenvalue weighted by Gasteiger charge is -2.26. The molecule has 1 amide bonds. The third-order valence-corrected chi connectivity index (χ3v) is 4.40. The van der Waals surface area contributed by atoms with Crippen molar-refractivity contribution in [2.24, 2.45) is 0 Å². The Kier molecular flexibility index (Phi) is 8.21. The van der Waals surface area contributed by atoms with Crippen LogP contribution in [0.1, 0.15) is 37.7 Å². The van der Waals surface area contributed by atoms with Gasteiger partial charge in [0.2, 0.25) is 5.91 Å². The molecule has 0 spiro atoms. The van der Waals surface area contributed by atoms with Crippen LogP contribution in [-0.2, 0) is 16.1 Å². The predicted octanol–water partition coefficient (Wildman–Crippen LogP) is 2.04. The van der Waals surface area contributed by atoms with Gasteiger partial charge in [-0.1, -0.05) is 12.5 Å². The highest BCUT2D eigenvalue weighted by molar-refractivity contribution is 5.80. The Labute approximate surface area is 154 Å². The number of rotatable bonds is 10. The Bertz CT molecular complexity index is 600. The van der Waals surface area contributed by atoms with Crippen molar-refractivity contribution in [1.82, 2.24) is 10.2 Å². The minimum absolute atomic E-state index is 0.0231. The number of ether oxygens (including phenoxy) is 2. The fraction of sp³-hybridized carbons (Fsp3) is 0.579. The van der Waals surface area contributed by atoms with Gasteiger partial charge in [-0.15, -0.1) is 0 Å². The fourth-order valence-corrected chi connectivity index (χ4v) is 2.92. The molecule has 7 heteroatoms. The molecule has 144 valence electrons. The molecule has 7 nitrogen and oxygen atoms in total. The van der Waals surface area contributed by atoms with E-state index in [1.807, 2.05) is 18.2 Å². The summed E-state index contributed by atoms with van der Waals surface area (Å²) >= 11 is 0. The molecule has 1 fully saturated rings. The quantitative estimate of drug-likeness (QED) is 0.661. The fourth-order valence-electron chi connectivity index (χ4n) is 2.92. The molecular weight excluding hydrogens is 336 g/mol. The summed E-state index contributed by atoms with van der Waals surface area (Å²) in [6.45, 7) is 4.06. The van der Waals surface area contributed by atoms with E-state index in [9.17, 15) is 9.59 Å². The van der Waals surface area contributed by atoms with Crippen LogP contribution in [0.2, 0.25) is 0 Å². The summed E-state index contributed by atoms with van der Waals surface area (Å²) < 4.78 is 11.2. The van der Waals surface area contributed by atoms with Crippen molar-refractivity contribution in [1.29, 1.82) is 0 Å². The molecule has 0 unspecified atom stereocenters. The number of carboxylic acid groups (broad SMARTS) is 1. The van der Waals surface area contributed by atoms with E-state index in [1.165, 1.54) is 19.3 Å². The van der Waals surface area contributed by atoms with Crippen LogP contribution >= 0.6 is 0 Å². The number of benzene rings is 1. The first-order valence-corrected chi connectivity index (χ1v) is 9.09. The smallest absolute Gasteiger partial charge is 0.303 e. The van der Waals surface area contributed by atoms with E-state index in [1.54, 1.807) is 7.11 Å². The largest absolute Gasteiger partial charge is 0.493 e. The molecule has 0 bridgehead atoms. The maximum absolute atomic E-state index is 11.6. The van der Waals surface area contributed by atoms with E-state index in [2.05, 4.69) is 10.2 Å². The minimum atomic E-state index is -0.978. The van der Waals surface area contributed by atoms with E-state index >= 15 is 0 Å². The van der Waals surface area contributed by atoms with Gasteiger partial charge in [0.15, 0.2) is 11.5 Å². The maximum Gasteiger partial charge on any atom is 0.303 e. The lowest BCUT2D eigenvalue weighted by atomic mass is 10.1.